The summed E-state index contributed by atoms with van der Waals surface area (Å²) in [5.41, 5.74) is 1.70. The third-order valence-corrected chi connectivity index (χ3v) is 3.25. The van der Waals surface area contributed by atoms with Crippen LogP contribution in [0.4, 0.5) is 5.69 Å². The third kappa shape index (κ3) is 4.40. The van der Waals surface area contributed by atoms with Crippen molar-refractivity contribution in [3.8, 4) is 0 Å². The first-order chi connectivity index (χ1) is 8.62. The van der Waals surface area contributed by atoms with E-state index in [1.165, 1.54) is 0 Å². The van der Waals surface area contributed by atoms with Crippen molar-refractivity contribution >= 4 is 33.2 Å². The highest BCUT2D eigenvalue weighted by molar-refractivity contribution is 9.10. The fourth-order valence-corrected chi connectivity index (χ4v) is 2.01. The molecular formula is C12H17BrClNO3. The average molecular weight is 339 g/mol. The molecule has 2 N–H and O–H groups in total. The van der Waals surface area contributed by atoms with Crippen molar-refractivity contribution in [1.82, 2.24) is 0 Å². The van der Waals surface area contributed by atoms with E-state index in [-0.39, 0.29) is 5.88 Å². The minimum absolute atomic E-state index is 0.191. The van der Waals surface area contributed by atoms with E-state index < -0.39 is 12.4 Å². The van der Waals surface area contributed by atoms with Gasteiger partial charge in [-0.05, 0) is 18.2 Å². The molecule has 0 bridgehead atoms. The highest BCUT2D eigenvalue weighted by Crippen LogP contribution is 2.29. The van der Waals surface area contributed by atoms with Crippen LogP contribution in [0.2, 0.25) is 0 Å². The summed E-state index contributed by atoms with van der Waals surface area (Å²) in [5.74, 6) is 0.191. The van der Waals surface area contributed by atoms with Crippen molar-refractivity contribution in [2.75, 3.05) is 32.0 Å². The topological polar surface area (TPSA) is 50.7 Å². The molecule has 1 aromatic carbocycles. The predicted octanol–water partition coefficient (Wildman–Crippen LogP) is 2.75. The third-order valence-electron chi connectivity index (χ3n) is 2.40. The number of aliphatic hydroxyl groups excluding tert-OH is 1. The maximum absolute atomic E-state index is 9.45. The summed E-state index contributed by atoms with van der Waals surface area (Å²) in [4.78, 5) is 0. The summed E-state index contributed by atoms with van der Waals surface area (Å²) in [6.07, 6.45) is -1.05. The molecule has 1 aromatic rings. The maximum atomic E-state index is 9.45. The lowest BCUT2D eigenvalue weighted by atomic mass is 10.1. The fourth-order valence-electron chi connectivity index (χ4n) is 1.52. The van der Waals surface area contributed by atoms with Crippen LogP contribution < -0.4 is 5.32 Å². The molecule has 0 amide bonds. The molecule has 0 aliphatic rings. The molecule has 6 heteroatoms. The van der Waals surface area contributed by atoms with Crippen molar-refractivity contribution in [1.29, 1.82) is 0 Å². The Morgan fingerprint density at radius 2 is 2.06 bits per heavy atom. The number of halogens is 2. The van der Waals surface area contributed by atoms with Gasteiger partial charge in [0.15, 0.2) is 6.29 Å². The van der Waals surface area contributed by atoms with Crippen LogP contribution in [0, 0.1) is 0 Å². The number of methoxy groups -OCH3 is 2. The lowest BCUT2D eigenvalue weighted by molar-refractivity contribution is -0.105. The number of benzene rings is 1. The number of anilines is 1. The van der Waals surface area contributed by atoms with E-state index in [0.29, 0.717) is 6.54 Å². The number of alkyl halides is 1. The monoisotopic (exact) mass is 337 g/mol. The summed E-state index contributed by atoms with van der Waals surface area (Å²) in [6, 6.07) is 5.71. The maximum Gasteiger partial charge on any atom is 0.185 e. The number of ether oxygens (including phenoxy) is 2. The van der Waals surface area contributed by atoms with Crippen molar-refractivity contribution < 1.29 is 14.6 Å². The largest absolute Gasteiger partial charge is 0.390 e. The molecule has 0 radical (unpaired) electrons. The van der Waals surface area contributed by atoms with Gasteiger partial charge in [0, 0.05) is 36.5 Å². The number of nitrogens with one attached hydrogen (secondary N) is 1. The molecule has 0 aliphatic carbocycles. The average Bonchev–Trinajstić information content (AvgIpc) is 2.38. The van der Waals surface area contributed by atoms with Gasteiger partial charge in [-0.3, -0.25) is 0 Å². The van der Waals surface area contributed by atoms with Crippen LogP contribution in [0.1, 0.15) is 11.9 Å². The van der Waals surface area contributed by atoms with Crippen molar-refractivity contribution in [3.05, 3.63) is 28.2 Å². The lowest BCUT2D eigenvalue weighted by Gasteiger charge is -2.20. The molecule has 1 unspecified atom stereocenters. The minimum Gasteiger partial charge on any atom is -0.390 e. The van der Waals surface area contributed by atoms with Gasteiger partial charge in [-0.1, -0.05) is 15.9 Å². The molecule has 0 aromatic heterocycles. The van der Waals surface area contributed by atoms with Gasteiger partial charge < -0.3 is 19.9 Å². The molecule has 4 nitrogen and oxygen atoms in total. The first-order valence-corrected chi connectivity index (χ1v) is 6.78. The smallest absolute Gasteiger partial charge is 0.185 e. The van der Waals surface area contributed by atoms with Gasteiger partial charge in [0.05, 0.1) is 12.0 Å². The van der Waals surface area contributed by atoms with Crippen molar-refractivity contribution in [2.24, 2.45) is 0 Å². The summed E-state index contributed by atoms with van der Waals surface area (Å²) < 4.78 is 11.4. The SMILES string of the molecule is COC(OC)c1cc(Br)ccc1NCC(O)CCl. The second kappa shape index (κ2) is 7.96. The van der Waals surface area contributed by atoms with Crippen LogP contribution in [0.5, 0.6) is 0 Å². The Labute approximate surface area is 120 Å². The van der Waals surface area contributed by atoms with E-state index in [1.807, 2.05) is 18.2 Å². The van der Waals surface area contributed by atoms with E-state index in [0.717, 1.165) is 15.7 Å². The second-order valence-electron chi connectivity index (χ2n) is 3.72. The fraction of sp³-hybridized carbons (Fsp3) is 0.500. The Kier molecular flexibility index (Phi) is 6.96. The zero-order chi connectivity index (χ0) is 13.5. The van der Waals surface area contributed by atoms with Gasteiger partial charge in [-0.15, -0.1) is 11.6 Å². The minimum atomic E-state index is -0.591. The highest BCUT2D eigenvalue weighted by atomic mass is 79.9. The Morgan fingerprint density at radius 1 is 1.39 bits per heavy atom. The molecule has 0 aliphatic heterocycles. The summed E-state index contributed by atoms with van der Waals surface area (Å²) in [5, 5.41) is 12.6. The van der Waals surface area contributed by atoms with E-state index in [9.17, 15) is 5.11 Å². The van der Waals surface area contributed by atoms with Gasteiger partial charge in [-0.2, -0.15) is 0 Å². The van der Waals surface area contributed by atoms with Gasteiger partial charge in [0.2, 0.25) is 0 Å². The number of rotatable bonds is 7. The Morgan fingerprint density at radius 3 is 2.61 bits per heavy atom. The Balaban J connectivity index is 2.88. The van der Waals surface area contributed by atoms with Gasteiger partial charge in [-0.25, -0.2) is 0 Å². The number of hydrogen-bond acceptors (Lipinski definition) is 4. The number of hydrogen-bond donors (Lipinski definition) is 2. The zero-order valence-corrected chi connectivity index (χ0v) is 12.7. The van der Waals surface area contributed by atoms with Crippen LogP contribution in [0.3, 0.4) is 0 Å². The van der Waals surface area contributed by atoms with Crippen molar-refractivity contribution in [3.63, 3.8) is 0 Å². The van der Waals surface area contributed by atoms with Gasteiger partial charge in [0.1, 0.15) is 0 Å². The summed E-state index contributed by atoms with van der Waals surface area (Å²) in [6.45, 7) is 0.373. The van der Waals surface area contributed by atoms with Gasteiger partial charge >= 0.3 is 0 Å². The first kappa shape index (κ1) is 15.7. The standard InChI is InChI=1S/C12H17BrClNO3/c1-17-12(18-2)10-5-8(13)3-4-11(10)15-7-9(16)6-14/h3-5,9,12,15-16H,6-7H2,1-2H3. The van der Waals surface area contributed by atoms with E-state index in [2.05, 4.69) is 21.2 Å². The molecule has 1 rings (SSSR count). The van der Waals surface area contributed by atoms with E-state index in [4.69, 9.17) is 21.1 Å². The quantitative estimate of drug-likeness (QED) is 0.593. The highest BCUT2D eigenvalue weighted by Gasteiger charge is 2.15. The molecule has 0 fully saturated rings. The van der Waals surface area contributed by atoms with E-state index in [1.54, 1.807) is 14.2 Å². The molecule has 102 valence electrons. The van der Waals surface area contributed by atoms with Crippen LogP contribution in [0.25, 0.3) is 0 Å². The van der Waals surface area contributed by atoms with Gasteiger partial charge in [0.25, 0.3) is 0 Å². The molecule has 0 heterocycles. The van der Waals surface area contributed by atoms with Crippen LogP contribution in [-0.2, 0) is 9.47 Å². The molecule has 0 saturated carbocycles. The van der Waals surface area contributed by atoms with Crippen LogP contribution in [-0.4, -0.2) is 37.9 Å². The van der Waals surface area contributed by atoms with Crippen LogP contribution in [0.15, 0.2) is 22.7 Å². The van der Waals surface area contributed by atoms with Crippen LogP contribution >= 0.6 is 27.5 Å². The normalized spacial score (nSPS) is 12.8. The molecule has 1 atom stereocenters. The lowest BCUT2D eigenvalue weighted by Crippen LogP contribution is -2.22. The molecule has 18 heavy (non-hydrogen) atoms. The first-order valence-electron chi connectivity index (χ1n) is 5.45. The Bertz CT molecular complexity index is 374. The summed E-state index contributed by atoms with van der Waals surface area (Å²) >= 11 is 8.96. The predicted molar refractivity (Wildman–Crippen MR) is 76.1 cm³/mol. The molecule has 0 saturated heterocycles. The molecular weight excluding hydrogens is 321 g/mol. The second-order valence-corrected chi connectivity index (χ2v) is 4.95. The number of aliphatic hydroxyl groups is 1. The molecule has 0 spiro atoms. The van der Waals surface area contributed by atoms with E-state index >= 15 is 0 Å². The zero-order valence-electron chi connectivity index (χ0n) is 10.3. The summed E-state index contributed by atoms with van der Waals surface area (Å²) in [7, 11) is 3.15. The van der Waals surface area contributed by atoms with Crippen molar-refractivity contribution in [2.45, 2.75) is 12.4 Å². The Hall–Kier alpha value is -0.330.